The van der Waals surface area contributed by atoms with Gasteiger partial charge < -0.3 is 0 Å². The van der Waals surface area contributed by atoms with Crippen molar-refractivity contribution in [2.45, 2.75) is 23.8 Å². The second kappa shape index (κ2) is 8.88. The Kier molecular flexibility index (Phi) is 6.32. The number of fused-ring (bicyclic) bond motifs is 1. The van der Waals surface area contributed by atoms with Gasteiger partial charge >= 0.3 is 160 Å². The summed E-state index contributed by atoms with van der Waals surface area (Å²) in [5, 5.41) is 12.2. The number of carbonyl (C=O) groups is 1. The molecule has 0 unspecified atom stereocenters. The first-order chi connectivity index (χ1) is 12.7. The van der Waals surface area contributed by atoms with Gasteiger partial charge in [-0.25, -0.2) is 0 Å². The van der Waals surface area contributed by atoms with E-state index in [4.69, 9.17) is 5.21 Å². The molecule has 3 rings (SSSR count). The zero-order valence-electron chi connectivity index (χ0n) is 14.7. The van der Waals surface area contributed by atoms with Gasteiger partial charge in [0.05, 0.1) is 0 Å². The van der Waals surface area contributed by atoms with E-state index in [1.807, 2.05) is 12.1 Å². The third-order valence-corrected chi connectivity index (χ3v) is 6.73. The van der Waals surface area contributed by atoms with E-state index in [2.05, 4.69) is 48.3 Å². The normalized spacial score (nSPS) is 11.8. The Morgan fingerprint density at radius 1 is 1.19 bits per heavy atom. The van der Waals surface area contributed by atoms with Crippen molar-refractivity contribution >= 4 is 38.6 Å². The van der Waals surface area contributed by atoms with E-state index in [1.165, 1.54) is 39.0 Å². The second-order valence-corrected chi connectivity index (χ2v) is 8.72. The first kappa shape index (κ1) is 18.5. The number of nitrogens with one attached hydrogen (secondary N) is 2. The van der Waals surface area contributed by atoms with Crippen molar-refractivity contribution < 1.29 is 10.0 Å². The molecule has 5 heteroatoms. The summed E-state index contributed by atoms with van der Waals surface area (Å²) >= 11 is 0.262. The molecular formula is C21H22AsN2O2. The molecule has 133 valence electrons. The number of hydrogen-bond acceptors (Lipinski definition) is 2. The monoisotopic (exact) mass is 409 g/mol. The van der Waals surface area contributed by atoms with Crippen LogP contribution in [0.3, 0.4) is 0 Å². The van der Waals surface area contributed by atoms with Crippen LogP contribution >= 0.6 is 0 Å². The fourth-order valence-electron chi connectivity index (χ4n) is 3.00. The minimum absolute atomic E-state index is 0.262. The van der Waals surface area contributed by atoms with Crippen LogP contribution in [0.15, 0.2) is 54.6 Å². The van der Waals surface area contributed by atoms with Crippen molar-refractivity contribution in [2.75, 3.05) is 0 Å². The summed E-state index contributed by atoms with van der Waals surface area (Å²) in [4.78, 5) is 14.5. The molecule has 0 saturated carbocycles. The predicted molar refractivity (Wildman–Crippen MR) is 106 cm³/mol. The van der Waals surface area contributed by atoms with E-state index in [0.717, 1.165) is 17.2 Å². The number of aromatic nitrogens is 1. The van der Waals surface area contributed by atoms with Crippen molar-refractivity contribution in [3.8, 4) is 0 Å². The SMILES string of the molecule is Cc1[nH]c2ccccc2c1CC[As]Cc1ccc(/C=C/C(=O)NO)cc1. The van der Waals surface area contributed by atoms with Gasteiger partial charge in [0.1, 0.15) is 0 Å². The van der Waals surface area contributed by atoms with E-state index in [-0.39, 0.29) is 15.8 Å². The molecule has 0 saturated heterocycles. The maximum absolute atomic E-state index is 11.0. The molecule has 0 fully saturated rings. The van der Waals surface area contributed by atoms with Crippen LogP contribution in [-0.2, 0) is 16.4 Å². The molecule has 3 aromatic rings. The summed E-state index contributed by atoms with van der Waals surface area (Å²) in [7, 11) is 0. The van der Waals surface area contributed by atoms with Crippen molar-refractivity contribution in [3.63, 3.8) is 0 Å². The van der Waals surface area contributed by atoms with Gasteiger partial charge in [-0.05, 0) is 0 Å². The van der Waals surface area contributed by atoms with Gasteiger partial charge in [0.25, 0.3) is 0 Å². The summed E-state index contributed by atoms with van der Waals surface area (Å²) in [5.74, 6) is -0.522. The van der Waals surface area contributed by atoms with Crippen LogP contribution in [0.4, 0.5) is 0 Å². The Hall–Kier alpha value is -2.29. The van der Waals surface area contributed by atoms with Crippen LogP contribution in [0.1, 0.15) is 22.4 Å². The van der Waals surface area contributed by atoms with Crippen molar-refractivity contribution in [1.82, 2.24) is 10.5 Å². The number of carbonyl (C=O) groups excluding carboxylic acids is 1. The molecule has 2 aromatic carbocycles. The van der Waals surface area contributed by atoms with Crippen molar-refractivity contribution in [2.24, 2.45) is 0 Å². The van der Waals surface area contributed by atoms with Crippen LogP contribution in [0.25, 0.3) is 17.0 Å². The van der Waals surface area contributed by atoms with Crippen LogP contribution in [0.2, 0.25) is 5.21 Å². The van der Waals surface area contributed by atoms with Gasteiger partial charge in [-0.2, -0.15) is 0 Å². The number of amides is 1. The summed E-state index contributed by atoms with van der Waals surface area (Å²) in [5.41, 5.74) is 7.84. The fraction of sp³-hybridized carbons (Fsp3) is 0.190. The molecule has 0 bridgehead atoms. The van der Waals surface area contributed by atoms with Crippen LogP contribution < -0.4 is 5.48 Å². The van der Waals surface area contributed by atoms with Gasteiger partial charge in [-0.3, -0.25) is 0 Å². The molecule has 1 aromatic heterocycles. The van der Waals surface area contributed by atoms with E-state index < -0.39 is 5.91 Å². The Morgan fingerprint density at radius 3 is 2.73 bits per heavy atom. The van der Waals surface area contributed by atoms with Gasteiger partial charge in [0.15, 0.2) is 0 Å². The second-order valence-electron chi connectivity index (χ2n) is 6.18. The number of benzene rings is 2. The molecule has 3 N–H and O–H groups in total. The number of H-pyrrole nitrogens is 1. The quantitative estimate of drug-likeness (QED) is 0.182. The molecule has 0 aliphatic carbocycles. The molecule has 0 atom stereocenters. The summed E-state index contributed by atoms with van der Waals surface area (Å²) in [6.07, 6.45) is 4.13. The summed E-state index contributed by atoms with van der Waals surface area (Å²) in [6, 6.07) is 16.7. The molecule has 26 heavy (non-hydrogen) atoms. The molecule has 1 radical (unpaired) electrons. The van der Waals surface area contributed by atoms with E-state index in [9.17, 15) is 4.79 Å². The number of hydrogen-bond donors (Lipinski definition) is 3. The van der Waals surface area contributed by atoms with E-state index in [0.29, 0.717) is 0 Å². The van der Waals surface area contributed by atoms with E-state index >= 15 is 0 Å². The Morgan fingerprint density at radius 2 is 1.96 bits per heavy atom. The summed E-state index contributed by atoms with van der Waals surface area (Å²) < 4.78 is 0. The van der Waals surface area contributed by atoms with Gasteiger partial charge in [-0.15, -0.1) is 0 Å². The maximum atomic E-state index is 11.0. The molecule has 0 spiro atoms. The summed E-state index contributed by atoms with van der Waals surface area (Å²) in [6.45, 7) is 2.16. The zero-order valence-corrected chi connectivity index (χ0v) is 16.6. The van der Waals surface area contributed by atoms with E-state index in [1.54, 1.807) is 11.6 Å². The molecule has 1 amide bonds. The molecular weight excluding hydrogens is 387 g/mol. The Labute approximate surface area is 160 Å². The Bertz CT molecular complexity index is 913. The van der Waals surface area contributed by atoms with Crippen LogP contribution in [0.5, 0.6) is 0 Å². The third-order valence-electron chi connectivity index (χ3n) is 4.36. The van der Waals surface area contributed by atoms with Gasteiger partial charge in [-0.1, -0.05) is 0 Å². The van der Waals surface area contributed by atoms with Crippen LogP contribution in [0, 0.1) is 6.92 Å². The first-order valence-corrected chi connectivity index (χ1v) is 11.2. The number of para-hydroxylation sites is 1. The number of aromatic amines is 1. The minimum atomic E-state index is -0.522. The van der Waals surface area contributed by atoms with Crippen molar-refractivity contribution in [1.29, 1.82) is 0 Å². The van der Waals surface area contributed by atoms with Gasteiger partial charge in [0, 0.05) is 0 Å². The Balaban J connectivity index is 1.51. The van der Waals surface area contributed by atoms with Crippen LogP contribution in [-0.4, -0.2) is 31.9 Å². The topological polar surface area (TPSA) is 65.1 Å². The fourth-order valence-corrected chi connectivity index (χ4v) is 5.12. The number of hydroxylamine groups is 1. The molecule has 0 aliphatic rings. The first-order valence-electron chi connectivity index (χ1n) is 8.58. The average Bonchev–Trinajstić information content (AvgIpc) is 2.99. The third kappa shape index (κ3) is 4.66. The standard InChI is InChI=1S/C21H22AsN2O2/c1-15-18(19-4-2-3-5-20(19)23-15)12-13-22-14-17-8-6-16(7-9-17)10-11-21(25)24-26/h2-11,23,26H,12-14H2,1H3,(H,24,25)/b11-10+. The van der Waals surface area contributed by atoms with Gasteiger partial charge in [0.2, 0.25) is 0 Å². The zero-order chi connectivity index (χ0) is 18.4. The molecule has 1 heterocycles. The number of rotatable bonds is 7. The predicted octanol–water partition coefficient (Wildman–Crippen LogP) is 3.86. The van der Waals surface area contributed by atoms with Crippen molar-refractivity contribution in [3.05, 3.63) is 77.0 Å². The molecule has 4 nitrogen and oxygen atoms in total. The molecule has 0 aliphatic heterocycles. The average molecular weight is 409 g/mol. The number of aryl methyl sites for hydroxylation is 2.